The molecule has 0 aliphatic rings. The Morgan fingerprint density at radius 1 is 1.03 bits per heavy atom. The lowest BCUT2D eigenvalue weighted by Crippen LogP contribution is -2.07. The molecule has 2 aromatic heterocycles. The Bertz CT molecular complexity index is 1180. The zero-order chi connectivity index (χ0) is 20.9. The summed E-state index contributed by atoms with van der Waals surface area (Å²) >= 11 is 1.54. The third-order valence-electron chi connectivity index (χ3n) is 4.40. The minimum atomic E-state index is -0.221. The zero-order valence-electron chi connectivity index (χ0n) is 16.5. The summed E-state index contributed by atoms with van der Waals surface area (Å²) in [5.74, 6) is 1.03. The number of pyridine rings is 1. The molecular formula is C23H19N3O3S. The third kappa shape index (κ3) is 4.31. The molecule has 4 rings (SSSR count). The highest BCUT2D eigenvalue weighted by Crippen LogP contribution is 2.30. The van der Waals surface area contributed by atoms with Crippen LogP contribution >= 0.6 is 11.3 Å². The molecule has 0 aliphatic carbocycles. The van der Waals surface area contributed by atoms with Crippen molar-refractivity contribution in [3.8, 4) is 22.1 Å². The summed E-state index contributed by atoms with van der Waals surface area (Å²) in [7, 11) is 3.16. The number of rotatable bonds is 6. The number of nitrogens with zero attached hydrogens (tertiary/aromatic N) is 2. The SMILES string of the molecule is COc1ccc(/C=C/C(=O)Nc2ccc(-c3nc4cccnc4s3)cc2)cc1OC. The van der Waals surface area contributed by atoms with Gasteiger partial charge in [0.1, 0.15) is 15.4 Å². The first-order valence-corrected chi connectivity index (χ1v) is 10.0. The van der Waals surface area contributed by atoms with E-state index in [0.29, 0.717) is 17.2 Å². The number of fused-ring (bicyclic) bond motifs is 1. The molecule has 6 nitrogen and oxygen atoms in total. The van der Waals surface area contributed by atoms with Gasteiger partial charge in [0.2, 0.25) is 5.91 Å². The second-order valence-electron chi connectivity index (χ2n) is 6.36. The lowest BCUT2D eigenvalue weighted by atomic mass is 10.2. The molecule has 0 saturated heterocycles. The number of carbonyl (C=O) groups excluding carboxylic acids is 1. The highest BCUT2D eigenvalue weighted by Gasteiger charge is 2.07. The fourth-order valence-corrected chi connectivity index (χ4v) is 3.81. The van der Waals surface area contributed by atoms with E-state index in [1.54, 1.807) is 43.9 Å². The lowest BCUT2D eigenvalue weighted by Gasteiger charge is -2.07. The molecule has 1 amide bonds. The van der Waals surface area contributed by atoms with Gasteiger partial charge in [-0.2, -0.15) is 0 Å². The van der Waals surface area contributed by atoms with Crippen LogP contribution in [0.25, 0.3) is 27.0 Å². The molecule has 0 bridgehead atoms. The maximum absolute atomic E-state index is 12.3. The predicted octanol–water partition coefficient (Wildman–Crippen LogP) is 5.03. The Morgan fingerprint density at radius 2 is 1.83 bits per heavy atom. The Balaban J connectivity index is 1.43. The summed E-state index contributed by atoms with van der Waals surface area (Å²) in [5.41, 5.74) is 3.41. The van der Waals surface area contributed by atoms with Crippen molar-refractivity contribution in [3.63, 3.8) is 0 Å². The van der Waals surface area contributed by atoms with Crippen molar-refractivity contribution in [1.29, 1.82) is 0 Å². The Kier molecular flexibility index (Phi) is 5.72. The standard InChI is InChI=1S/C23H19N3O3S/c1-28-19-11-5-15(14-20(19)29-2)6-12-21(27)25-17-9-7-16(8-10-17)22-26-18-4-3-13-24-23(18)30-22/h3-14H,1-2H3,(H,25,27)/b12-6+. The van der Waals surface area contributed by atoms with Gasteiger partial charge in [0.15, 0.2) is 11.5 Å². The van der Waals surface area contributed by atoms with Gasteiger partial charge in [-0.3, -0.25) is 4.79 Å². The van der Waals surface area contributed by atoms with E-state index in [0.717, 1.165) is 26.5 Å². The number of hydrogen-bond acceptors (Lipinski definition) is 6. The summed E-state index contributed by atoms with van der Waals surface area (Å²) in [6, 6.07) is 16.9. The number of thiazole rings is 1. The van der Waals surface area contributed by atoms with Crippen molar-refractivity contribution in [2.75, 3.05) is 19.5 Å². The maximum Gasteiger partial charge on any atom is 0.248 e. The van der Waals surface area contributed by atoms with Gasteiger partial charge in [-0.05, 0) is 60.2 Å². The zero-order valence-corrected chi connectivity index (χ0v) is 17.3. The molecule has 30 heavy (non-hydrogen) atoms. The van der Waals surface area contributed by atoms with Crippen LogP contribution in [-0.4, -0.2) is 30.1 Å². The molecule has 1 N–H and O–H groups in total. The molecule has 0 unspecified atom stereocenters. The van der Waals surface area contributed by atoms with Gasteiger partial charge in [0, 0.05) is 23.5 Å². The van der Waals surface area contributed by atoms with Crippen molar-refractivity contribution in [1.82, 2.24) is 9.97 Å². The van der Waals surface area contributed by atoms with Gasteiger partial charge in [0.25, 0.3) is 0 Å². The van der Waals surface area contributed by atoms with Crippen LogP contribution in [0.3, 0.4) is 0 Å². The van der Waals surface area contributed by atoms with Crippen LogP contribution in [0.5, 0.6) is 11.5 Å². The van der Waals surface area contributed by atoms with Gasteiger partial charge in [0.05, 0.1) is 14.2 Å². The molecule has 0 fully saturated rings. The summed E-state index contributed by atoms with van der Waals surface area (Å²) < 4.78 is 10.5. The molecule has 2 heterocycles. The first-order chi connectivity index (χ1) is 14.7. The maximum atomic E-state index is 12.3. The minimum absolute atomic E-state index is 0.221. The summed E-state index contributed by atoms with van der Waals surface area (Å²) in [6.45, 7) is 0. The number of carbonyl (C=O) groups is 1. The molecule has 0 saturated carbocycles. The highest BCUT2D eigenvalue weighted by atomic mass is 32.1. The molecule has 0 spiro atoms. The molecule has 0 radical (unpaired) electrons. The first kappa shape index (κ1) is 19.6. The number of hydrogen-bond donors (Lipinski definition) is 1. The lowest BCUT2D eigenvalue weighted by molar-refractivity contribution is -0.111. The van der Waals surface area contributed by atoms with Gasteiger partial charge >= 0.3 is 0 Å². The molecular weight excluding hydrogens is 398 g/mol. The number of ether oxygens (including phenoxy) is 2. The van der Waals surface area contributed by atoms with E-state index in [1.807, 2.05) is 48.5 Å². The molecule has 2 aromatic carbocycles. The van der Waals surface area contributed by atoms with Crippen molar-refractivity contribution < 1.29 is 14.3 Å². The number of anilines is 1. The van der Waals surface area contributed by atoms with E-state index in [4.69, 9.17) is 9.47 Å². The van der Waals surface area contributed by atoms with Gasteiger partial charge in [-0.1, -0.05) is 17.4 Å². The molecule has 4 aromatic rings. The number of nitrogens with one attached hydrogen (secondary N) is 1. The van der Waals surface area contributed by atoms with E-state index in [9.17, 15) is 4.79 Å². The topological polar surface area (TPSA) is 73.3 Å². The summed E-state index contributed by atoms with van der Waals surface area (Å²) in [5, 5.41) is 3.76. The Labute approximate surface area is 177 Å². The normalized spacial score (nSPS) is 11.0. The first-order valence-electron chi connectivity index (χ1n) is 9.19. The van der Waals surface area contributed by atoms with Gasteiger partial charge < -0.3 is 14.8 Å². The largest absolute Gasteiger partial charge is 0.493 e. The van der Waals surface area contributed by atoms with E-state index < -0.39 is 0 Å². The average molecular weight is 417 g/mol. The predicted molar refractivity (Wildman–Crippen MR) is 120 cm³/mol. The van der Waals surface area contributed by atoms with Crippen molar-refractivity contribution in [3.05, 3.63) is 72.4 Å². The average Bonchev–Trinajstić information content (AvgIpc) is 3.22. The monoisotopic (exact) mass is 417 g/mol. The van der Waals surface area contributed by atoms with Crippen LogP contribution in [-0.2, 0) is 4.79 Å². The molecule has 0 aliphatic heterocycles. The second-order valence-corrected chi connectivity index (χ2v) is 7.34. The quantitative estimate of drug-likeness (QED) is 0.446. The Hall–Kier alpha value is -3.71. The minimum Gasteiger partial charge on any atom is -0.493 e. The van der Waals surface area contributed by atoms with Crippen LogP contribution < -0.4 is 14.8 Å². The Morgan fingerprint density at radius 3 is 2.57 bits per heavy atom. The fraction of sp³-hybridized carbons (Fsp3) is 0.0870. The van der Waals surface area contributed by atoms with Crippen LogP contribution in [0, 0.1) is 0 Å². The van der Waals surface area contributed by atoms with Gasteiger partial charge in [-0.15, -0.1) is 0 Å². The summed E-state index contributed by atoms with van der Waals surface area (Å²) in [6.07, 6.45) is 4.96. The van der Waals surface area contributed by atoms with Crippen LogP contribution in [0.1, 0.15) is 5.56 Å². The van der Waals surface area contributed by atoms with Crippen LogP contribution in [0.15, 0.2) is 66.9 Å². The van der Waals surface area contributed by atoms with E-state index >= 15 is 0 Å². The molecule has 150 valence electrons. The van der Waals surface area contributed by atoms with E-state index in [1.165, 1.54) is 6.08 Å². The van der Waals surface area contributed by atoms with Gasteiger partial charge in [-0.25, -0.2) is 9.97 Å². The summed E-state index contributed by atoms with van der Waals surface area (Å²) in [4.78, 5) is 22.1. The number of benzene rings is 2. The fourth-order valence-electron chi connectivity index (χ4n) is 2.90. The molecule has 7 heteroatoms. The van der Waals surface area contributed by atoms with Crippen molar-refractivity contribution in [2.45, 2.75) is 0 Å². The third-order valence-corrected chi connectivity index (χ3v) is 5.43. The number of aromatic nitrogens is 2. The highest BCUT2D eigenvalue weighted by molar-refractivity contribution is 7.21. The van der Waals surface area contributed by atoms with E-state index in [-0.39, 0.29) is 5.91 Å². The smallest absolute Gasteiger partial charge is 0.248 e. The second kappa shape index (κ2) is 8.75. The molecule has 0 atom stereocenters. The van der Waals surface area contributed by atoms with Crippen LogP contribution in [0.4, 0.5) is 5.69 Å². The van der Waals surface area contributed by atoms with Crippen molar-refractivity contribution in [2.24, 2.45) is 0 Å². The number of amides is 1. The number of methoxy groups -OCH3 is 2. The van der Waals surface area contributed by atoms with Crippen LogP contribution in [0.2, 0.25) is 0 Å². The van der Waals surface area contributed by atoms with Crippen molar-refractivity contribution >= 4 is 39.4 Å². The van der Waals surface area contributed by atoms with E-state index in [2.05, 4.69) is 15.3 Å².